The number of furan rings is 2. The number of rotatable bonds is 5. The van der Waals surface area contributed by atoms with Gasteiger partial charge in [0.2, 0.25) is 0 Å². The van der Waals surface area contributed by atoms with Crippen LogP contribution < -0.4 is 17.7 Å². The first-order valence-corrected chi connectivity index (χ1v) is 7.24. The van der Waals surface area contributed by atoms with Crippen LogP contribution in [0.1, 0.15) is 11.5 Å². The van der Waals surface area contributed by atoms with Crippen molar-refractivity contribution in [3.05, 3.63) is 70.3 Å². The van der Waals surface area contributed by atoms with Gasteiger partial charge in [0.25, 0.3) is 0 Å². The molecule has 0 saturated carbocycles. The lowest BCUT2D eigenvalue weighted by molar-refractivity contribution is -0.00000513. The van der Waals surface area contributed by atoms with Crippen LogP contribution in [-0.2, 0) is 13.1 Å². The predicted octanol–water partition coefficient (Wildman–Crippen LogP) is 2.14. The molecule has 0 amide bonds. The molecular weight excluding hydrogens is 345 g/mol. The van der Waals surface area contributed by atoms with Crippen LogP contribution in [0.2, 0.25) is 10.0 Å². The van der Waals surface area contributed by atoms with Gasteiger partial charge < -0.3 is 26.6 Å². The zero-order valence-electron chi connectivity index (χ0n) is 11.5. The van der Waals surface area contributed by atoms with E-state index in [9.17, 15) is 0 Å². The van der Waals surface area contributed by atoms with E-state index in [0.717, 1.165) is 22.8 Å². The maximum absolute atomic E-state index is 6.00. The molecule has 3 rings (SSSR count). The topological polar surface area (TPSA) is 38.3 Å². The lowest BCUT2D eigenvalue weighted by Gasteiger charge is -2.01. The van der Waals surface area contributed by atoms with Crippen molar-refractivity contribution >= 4 is 23.2 Å². The number of hydrogen-bond acceptors (Lipinski definition) is 3. The number of halogens is 3. The largest absolute Gasteiger partial charge is 1.00 e. The van der Waals surface area contributed by atoms with Crippen LogP contribution in [0, 0.1) is 0 Å². The molecule has 0 saturated heterocycles. The summed E-state index contributed by atoms with van der Waals surface area (Å²) in [6, 6.07) is 13.0. The molecule has 0 radical (unpaired) electrons. The Bertz CT molecular complexity index is 703. The van der Waals surface area contributed by atoms with Crippen LogP contribution in [0.25, 0.3) is 11.3 Å². The maximum Gasteiger partial charge on any atom is 0.134 e. The van der Waals surface area contributed by atoms with Gasteiger partial charge in [-0.1, -0.05) is 23.2 Å². The number of benzene rings is 1. The molecule has 0 atom stereocenters. The molecule has 0 aliphatic heterocycles. The van der Waals surface area contributed by atoms with E-state index in [0.29, 0.717) is 23.1 Å². The Morgan fingerprint density at radius 1 is 0.909 bits per heavy atom. The standard InChI is InChI=1S/C16H13Cl2NO2.ClH/c17-12-6-11(7-13(18)8-12)16-4-3-15(21-16)10-19-9-14-2-1-5-20-14;/h1-8,19H,9-10H2;1H/p-1. The summed E-state index contributed by atoms with van der Waals surface area (Å²) in [5.74, 6) is 2.48. The summed E-state index contributed by atoms with van der Waals surface area (Å²) < 4.78 is 11.0. The van der Waals surface area contributed by atoms with Gasteiger partial charge >= 0.3 is 0 Å². The Morgan fingerprint density at radius 3 is 2.32 bits per heavy atom. The average Bonchev–Trinajstić information content (AvgIpc) is 3.09. The highest BCUT2D eigenvalue weighted by atomic mass is 35.5. The summed E-state index contributed by atoms with van der Waals surface area (Å²) >= 11 is 12.0. The predicted molar refractivity (Wildman–Crippen MR) is 83.4 cm³/mol. The van der Waals surface area contributed by atoms with E-state index < -0.39 is 0 Å². The maximum atomic E-state index is 6.00. The minimum atomic E-state index is 0. The molecule has 22 heavy (non-hydrogen) atoms. The third-order valence-corrected chi connectivity index (χ3v) is 3.42. The molecule has 116 valence electrons. The highest BCUT2D eigenvalue weighted by molar-refractivity contribution is 6.35. The lowest BCUT2D eigenvalue weighted by atomic mass is 10.2. The molecule has 0 fully saturated rings. The van der Waals surface area contributed by atoms with Gasteiger partial charge in [-0.2, -0.15) is 0 Å². The van der Waals surface area contributed by atoms with E-state index in [4.69, 9.17) is 32.0 Å². The Labute approximate surface area is 144 Å². The second-order valence-corrected chi connectivity index (χ2v) is 5.48. The van der Waals surface area contributed by atoms with E-state index in [1.54, 1.807) is 12.3 Å². The average molecular weight is 358 g/mol. The van der Waals surface area contributed by atoms with Crippen molar-refractivity contribution in [2.45, 2.75) is 13.1 Å². The van der Waals surface area contributed by atoms with Gasteiger partial charge in [0.1, 0.15) is 17.3 Å². The molecule has 2 aromatic heterocycles. The molecule has 0 aliphatic carbocycles. The molecule has 0 spiro atoms. The van der Waals surface area contributed by atoms with Crippen LogP contribution in [-0.4, -0.2) is 0 Å². The minimum absolute atomic E-state index is 0. The quantitative estimate of drug-likeness (QED) is 0.760. The van der Waals surface area contributed by atoms with Crippen LogP contribution in [0.15, 0.2) is 57.6 Å². The summed E-state index contributed by atoms with van der Waals surface area (Å²) in [4.78, 5) is 0. The molecule has 3 nitrogen and oxygen atoms in total. The first-order chi connectivity index (χ1) is 10.2. The first kappa shape index (κ1) is 17.0. The molecule has 2 heterocycles. The van der Waals surface area contributed by atoms with Crippen LogP contribution in [0.3, 0.4) is 0 Å². The Morgan fingerprint density at radius 2 is 1.64 bits per heavy atom. The SMILES string of the molecule is Clc1cc(Cl)cc(-c2ccc(CNCc3ccco3)o2)c1.[Cl-]. The van der Waals surface area contributed by atoms with Crippen molar-refractivity contribution in [3.63, 3.8) is 0 Å². The summed E-state index contributed by atoms with van der Waals surface area (Å²) in [6.07, 6.45) is 1.66. The summed E-state index contributed by atoms with van der Waals surface area (Å²) in [7, 11) is 0. The monoisotopic (exact) mass is 356 g/mol. The van der Waals surface area contributed by atoms with E-state index in [1.165, 1.54) is 0 Å². The first-order valence-electron chi connectivity index (χ1n) is 6.49. The molecule has 6 heteroatoms. The zero-order chi connectivity index (χ0) is 14.7. The zero-order valence-corrected chi connectivity index (χ0v) is 13.8. The van der Waals surface area contributed by atoms with Gasteiger partial charge in [0.05, 0.1) is 19.4 Å². The van der Waals surface area contributed by atoms with E-state index in [2.05, 4.69) is 5.32 Å². The summed E-state index contributed by atoms with van der Waals surface area (Å²) in [5, 5.41) is 4.43. The van der Waals surface area contributed by atoms with Crippen molar-refractivity contribution in [1.29, 1.82) is 0 Å². The third-order valence-electron chi connectivity index (χ3n) is 2.99. The van der Waals surface area contributed by atoms with Gasteiger partial charge in [-0.3, -0.25) is 0 Å². The minimum Gasteiger partial charge on any atom is -1.00 e. The normalized spacial score (nSPS) is 10.5. The second-order valence-electron chi connectivity index (χ2n) is 4.61. The van der Waals surface area contributed by atoms with Crippen molar-refractivity contribution in [2.75, 3.05) is 0 Å². The van der Waals surface area contributed by atoms with Crippen LogP contribution in [0.4, 0.5) is 0 Å². The fraction of sp³-hybridized carbons (Fsp3) is 0.125. The van der Waals surface area contributed by atoms with Gasteiger partial charge in [0.15, 0.2) is 0 Å². The van der Waals surface area contributed by atoms with Gasteiger partial charge in [0, 0.05) is 15.6 Å². The molecule has 0 aliphatic rings. The smallest absolute Gasteiger partial charge is 0.134 e. The van der Waals surface area contributed by atoms with Crippen molar-refractivity contribution in [2.24, 2.45) is 0 Å². The Kier molecular flexibility index (Phi) is 5.98. The second kappa shape index (κ2) is 7.75. The number of hydrogen-bond donors (Lipinski definition) is 1. The van der Waals surface area contributed by atoms with Crippen LogP contribution in [0.5, 0.6) is 0 Å². The highest BCUT2D eigenvalue weighted by Crippen LogP contribution is 2.28. The number of nitrogens with one attached hydrogen (secondary N) is 1. The van der Waals surface area contributed by atoms with E-state index in [1.807, 2.05) is 36.4 Å². The molecule has 0 unspecified atom stereocenters. The van der Waals surface area contributed by atoms with Crippen LogP contribution >= 0.6 is 23.2 Å². The Balaban J connectivity index is 0.00000176. The van der Waals surface area contributed by atoms with E-state index >= 15 is 0 Å². The lowest BCUT2D eigenvalue weighted by Crippen LogP contribution is -3.00. The van der Waals surface area contributed by atoms with Gasteiger partial charge in [-0.05, 0) is 42.5 Å². The molecule has 1 N–H and O–H groups in total. The van der Waals surface area contributed by atoms with E-state index in [-0.39, 0.29) is 12.4 Å². The molecular formula is C16H13Cl3NO2-. The fourth-order valence-corrected chi connectivity index (χ4v) is 2.57. The van der Waals surface area contributed by atoms with Crippen molar-refractivity contribution < 1.29 is 21.2 Å². The fourth-order valence-electron chi connectivity index (χ4n) is 2.05. The Hall–Kier alpha value is -1.39. The van der Waals surface area contributed by atoms with Gasteiger partial charge in [-0.25, -0.2) is 0 Å². The van der Waals surface area contributed by atoms with Crippen molar-refractivity contribution in [3.8, 4) is 11.3 Å². The van der Waals surface area contributed by atoms with Crippen molar-refractivity contribution in [1.82, 2.24) is 5.32 Å². The molecule has 1 aromatic carbocycles. The summed E-state index contributed by atoms with van der Waals surface area (Å²) in [6.45, 7) is 1.28. The third kappa shape index (κ3) is 4.31. The highest BCUT2D eigenvalue weighted by Gasteiger charge is 2.07. The summed E-state index contributed by atoms with van der Waals surface area (Å²) in [5.41, 5.74) is 0.866. The molecule has 3 aromatic rings. The molecule has 0 bridgehead atoms. The van der Waals surface area contributed by atoms with Gasteiger partial charge in [-0.15, -0.1) is 0 Å².